The van der Waals surface area contributed by atoms with Crippen molar-refractivity contribution in [3.05, 3.63) is 65.2 Å². The van der Waals surface area contributed by atoms with E-state index in [-0.39, 0.29) is 11.7 Å². The molecule has 1 N–H and O–H groups in total. The molecule has 0 spiro atoms. The van der Waals surface area contributed by atoms with Crippen LogP contribution in [-0.2, 0) is 6.54 Å². The van der Waals surface area contributed by atoms with Crippen LogP contribution in [0.5, 0.6) is 0 Å². The molecule has 4 rings (SSSR count). The standard InChI is InChI=1S/C17H14N4O2S/c1-11-20-21-13(10-18-16(22)14-8-5-9-23-14)15(19-17(21)24-11)12-6-3-2-4-7-12/h2-9H,10H2,1H3,(H,18,22). The molecule has 1 amide bonds. The Morgan fingerprint density at radius 3 is 2.83 bits per heavy atom. The Labute approximate surface area is 141 Å². The Kier molecular flexibility index (Phi) is 3.62. The molecule has 7 heteroatoms. The summed E-state index contributed by atoms with van der Waals surface area (Å²) in [6.45, 7) is 2.25. The van der Waals surface area contributed by atoms with Crippen molar-refractivity contribution in [3.63, 3.8) is 0 Å². The molecular formula is C17H14N4O2S. The van der Waals surface area contributed by atoms with Crippen LogP contribution in [0.4, 0.5) is 0 Å². The molecule has 3 heterocycles. The minimum atomic E-state index is -0.263. The molecule has 24 heavy (non-hydrogen) atoms. The number of amides is 1. The van der Waals surface area contributed by atoms with E-state index in [4.69, 9.17) is 4.42 Å². The van der Waals surface area contributed by atoms with Gasteiger partial charge in [-0.3, -0.25) is 4.79 Å². The van der Waals surface area contributed by atoms with Gasteiger partial charge in [0.15, 0.2) is 5.76 Å². The van der Waals surface area contributed by atoms with E-state index in [1.807, 2.05) is 37.3 Å². The molecule has 0 saturated carbocycles. The summed E-state index contributed by atoms with van der Waals surface area (Å²) in [5.74, 6) is 0.0207. The van der Waals surface area contributed by atoms with Crippen LogP contribution >= 0.6 is 11.3 Å². The first kappa shape index (κ1) is 14.6. The van der Waals surface area contributed by atoms with Gasteiger partial charge in [-0.15, -0.1) is 0 Å². The topological polar surface area (TPSA) is 72.4 Å². The van der Waals surface area contributed by atoms with Gasteiger partial charge in [-0.05, 0) is 19.1 Å². The number of carbonyl (C=O) groups is 1. The number of hydrogen-bond acceptors (Lipinski definition) is 5. The van der Waals surface area contributed by atoms with Crippen LogP contribution in [0.2, 0.25) is 0 Å². The number of imidazole rings is 1. The summed E-state index contributed by atoms with van der Waals surface area (Å²) in [4.78, 5) is 17.6. The van der Waals surface area contributed by atoms with Crippen molar-refractivity contribution in [1.29, 1.82) is 0 Å². The quantitative estimate of drug-likeness (QED) is 0.620. The fourth-order valence-corrected chi connectivity index (χ4v) is 3.29. The molecule has 1 aromatic carbocycles. The van der Waals surface area contributed by atoms with E-state index in [0.29, 0.717) is 6.54 Å². The lowest BCUT2D eigenvalue weighted by Crippen LogP contribution is -2.23. The van der Waals surface area contributed by atoms with Crippen LogP contribution in [0.3, 0.4) is 0 Å². The van der Waals surface area contributed by atoms with Gasteiger partial charge >= 0.3 is 0 Å². The third kappa shape index (κ3) is 2.59. The number of aryl methyl sites for hydroxylation is 1. The van der Waals surface area contributed by atoms with Gasteiger partial charge < -0.3 is 9.73 Å². The zero-order valence-electron chi connectivity index (χ0n) is 12.9. The summed E-state index contributed by atoms with van der Waals surface area (Å²) in [6.07, 6.45) is 1.48. The third-order valence-corrected chi connectivity index (χ3v) is 4.43. The molecular weight excluding hydrogens is 324 g/mol. The molecule has 0 aliphatic heterocycles. The SMILES string of the molecule is Cc1nn2c(CNC(=O)c3ccco3)c(-c3ccccc3)nc2s1. The summed E-state index contributed by atoms with van der Waals surface area (Å²) in [7, 11) is 0. The van der Waals surface area contributed by atoms with Gasteiger partial charge in [0.05, 0.1) is 24.2 Å². The van der Waals surface area contributed by atoms with Gasteiger partial charge in [0, 0.05) is 5.56 Å². The molecule has 0 saturated heterocycles. The molecule has 0 unspecified atom stereocenters. The van der Waals surface area contributed by atoms with Gasteiger partial charge in [0.1, 0.15) is 5.01 Å². The van der Waals surface area contributed by atoms with Crippen molar-refractivity contribution in [3.8, 4) is 11.3 Å². The molecule has 0 aliphatic carbocycles. The van der Waals surface area contributed by atoms with Gasteiger partial charge in [-0.25, -0.2) is 9.50 Å². The highest BCUT2D eigenvalue weighted by Crippen LogP contribution is 2.26. The van der Waals surface area contributed by atoms with E-state index in [1.165, 1.54) is 17.6 Å². The molecule has 3 aromatic heterocycles. The van der Waals surface area contributed by atoms with Crippen molar-refractivity contribution in [2.45, 2.75) is 13.5 Å². The lowest BCUT2D eigenvalue weighted by molar-refractivity contribution is 0.0922. The first-order valence-electron chi connectivity index (χ1n) is 7.44. The van der Waals surface area contributed by atoms with Crippen molar-refractivity contribution >= 4 is 22.2 Å². The second kappa shape index (κ2) is 5.93. The maximum Gasteiger partial charge on any atom is 0.287 e. The van der Waals surface area contributed by atoms with E-state index in [2.05, 4.69) is 15.4 Å². The minimum Gasteiger partial charge on any atom is -0.459 e. The minimum absolute atomic E-state index is 0.263. The van der Waals surface area contributed by atoms with Crippen molar-refractivity contribution in [1.82, 2.24) is 19.9 Å². The number of furan rings is 1. The average Bonchev–Trinajstić information content (AvgIpc) is 3.29. The number of benzene rings is 1. The fourth-order valence-electron chi connectivity index (χ4n) is 2.53. The van der Waals surface area contributed by atoms with Gasteiger partial charge in [-0.2, -0.15) is 5.10 Å². The highest BCUT2D eigenvalue weighted by Gasteiger charge is 2.18. The normalized spacial score (nSPS) is 11.0. The van der Waals surface area contributed by atoms with Crippen LogP contribution in [0.1, 0.15) is 21.3 Å². The zero-order valence-corrected chi connectivity index (χ0v) is 13.7. The van der Waals surface area contributed by atoms with Crippen LogP contribution in [0.15, 0.2) is 53.1 Å². The van der Waals surface area contributed by atoms with E-state index < -0.39 is 0 Å². The lowest BCUT2D eigenvalue weighted by Gasteiger charge is -2.05. The van der Waals surface area contributed by atoms with Gasteiger partial charge in [-0.1, -0.05) is 41.7 Å². The summed E-state index contributed by atoms with van der Waals surface area (Å²) in [5.41, 5.74) is 2.67. The molecule has 0 aliphatic rings. The Balaban J connectivity index is 1.71. The van der Waals surface area contributed by atoms with Gasteiger partial charge in [0.2, 0.25) is 4.96 Å². The average molecular weight is 338 g/mol. The first-order valence-corrected chi connectivity index (χ1v) is 8.26. The van der Waals surface area contributed by atoms with Crippen molar-refractivity contribution in [2.75, 3.05) is 0 Å². The van der Waals surface area contributed by atoms with Crippen LogP contribution in [-0.4, -0.2) is 20.5 Å². The number of nitrogens with one attached hydrogen (secondary N) is 1. The molecule has 0 fully saturated rings. The van der Waals surface area contributed by atoms with E-state index >= 15 is 0 Å². The van der Waals surface area contributed by atoms with Gasteiger partial charge in [0.25, 0.3) is 5.91 Å². The summed E-state index contributed by atoms with van der Waals surface area (Å²) < 4.78 is 6.92. The van der Waals surface area contributed by atoms with Crippen molar-refractivity contribution < 1.29 is 9.21 Å². The summed E-state index contributed by atoms with van der Waals surface area (Å²) in [5, 5.41) is 8.29. The maximum atomic E-state index is 12.1. The Hall–Kier alpha value is -2.93. The zero-order chi connectivity index (χ0) is 16.5. The Bertz CT molecular complexity index is 987. The molecule has 4 aromatic rings. The Morgan fingerprint density at radius 1 is 1.25 bits per heavy atom. The number of hydrogen-bond donors (Lipinski definition) is 1. The monoisotopic (exact) mass is 338 g/mol. The largest absolute Gasteiger partial charge is 0.459 e. The fraction of sp³-hybridized carbons (Fsp3) is 0.118. The molecule has 120 valence electrons. The number of aromatic nitrogens is 3. The van der Waals surface area contributed by atoms with Crippen LogP contribution in [0, 0.1) is 6.92 Å². The highest BCUT2D eigenvalue weighted by molar-refractivity contribution is 7.16. The van der Waals surface area contributed by atoms with E-state index in [1.54, 1.807) is 16.6 Å². The second-order valence-corrected chi connectivity index (χ2v) is 6.41. The lowest BCUT2D eigenvalue weighted by atomic mass is 10.1. The van der Waals surface area contributed by atoms with Crippen LogP contribution < -0.4 is 5.32 Å². The molecule has 6 nitrogen and oxygen atoms in total. The highest BCUT2D eigenvalue weighted by atomic mass is 32.1. The number of nitrogens with zero attached hydrogens (tertiary/aromatic N) is 3. The second-order valence-electron chi connectivity index (χ2n) is 5.25. The summed E-state index contributed by atoms with van der Waals surface area (Å²) in [6, 6.07) is 13.2. The molecule has 0 bridgehead atoms. The van der Waals surface area contributed by atoms with Crippen molar-refractivity contribution in [2.24, 2.45) is 0 Å². The third-order valence-electron chi connectivity index (χ3n) is 3.61. The maximum absolute atomic E-state index is 12.1. The summed E-state index contributed by atoms with van der Waals surface area (Å²) >= 11 is 1.52. The van der Waals surface area contributed by atoms with E-state index in [0.717, 1.165) is 26.9 Å². The Morgan fingerprint density at radius 2 is 2.08 bits per heavy atom. The molecule has 0 radical (unpaired) electrons. The number of fused-ring (bicyclic) bond motifs is 1. The number of rotatable bonds is 4. The van der Waals surface area contributed by atoms with Crippen LogP contribution in [0.25, 0.3) is 16.2 Å². The van der Waals surface area contributed by atoms with E-state index in [9.17, 15) is 4.79 Å². The number of carbonyl (C=O) groups excluding carboxylic acids is 1. The molecule has 0 atom stereocenters. The smallest absolute Gasteiger partial charge is 0.287 e. The first-order chi connectivity index (χ1) is 11.7. The predicted molar refractivity (Wildman–Crippen MR) is 90.9 cm³/mol. The predicted octanol–water partition coefficient (Wildman–Crippen LogP) is 3.29.